The van der Waals surface area contributed by atoms with Crippen molar-refractivity contribution in [3.63, 3.8) is 0 Å². The fourth-order valence-electron chi connectivity index (χ4n) is 2.96. The van der Waals surface area contributed by atoms with Crippen LogP contribution in [0.15, 0.2) is 41.3 Å². The van der Waals surface area contributed by atoms with Gasteiger partial charge in [-0.15, -0.1) is 5.10 Å². The molecule has 1 aromatic carbocycles. The highest BCUT2D eigenvalue weighted by Crippen LogP contribution is 2.18. The quantitative estimate of drug-likeness (QED) is 0.605. The van der Waals surface area contributed by atoms with Crippen molar-refractivity contribution in [1.29, 1.82) is 0 Å². The first-order valence-electron chi connectivity index (χ1n) is 7.54. The average Bonchev–Trinajstić information content (AvgIpc) is 2.95. The van der Waals surface area contributed by atoms with Gasteiger partial charge in [-0.3, -0.25) is 9.36 Å². The monoisotopic (exact) mass is 321 g/mol. The number of benzene rings is 1. The van der Waals surface area contributed by atoms with Crippen LogP contribution in [0.3, 0.4) is 0 Å². The molecule has 0 saturated heterocycles. The van der Waals surface area contributed by atoms with E-state index < -0.39 is 0 Å². The number of aliphatic hydroxyl groups is 1. The number of aryl methyl sites for hydroxylation is 2. The highest BCUT2D eigenvalue weighted by molar-refractivity contribution is 5.82. The van der Waals surface area contributed by atoms with Gasteiger partial charge in [0, 0.05) is 11.8 Å². The van der Waals surface area contributed by atoms with Crippen molar-refractivity contribution in [3.8, 4) is 5.69 Å². The summed E-state index contributed by atoms with van der Waals surface area (Å²) in [5.74, 6) is 1.08. The van der Waals surface area contributed by atoms with Gasteiger partial charge in [0.25, 0.3) is 11.3 Å². The first-order valence-corrected chi connectivity index (χ1v) is 7.54. The first-order chi connectivity index (χ1) is 11.6. The molecule has 4 rings (SSSR count). The SMILES string of the molecule is Cc1nc2nc(C)c3c(=O)n(-c4ccccc4CO)ccc3n2n1. The van der Waals surface area contributed by atoms with Gasteiger partial charge in [0.2, 0.25) is 0 Å². The van der Waals surface area contributed by atoms with E-state index in [9.17, 15) is 9.90 Å². The molecule has 0 fully saturated rings. The summed E-state index contributed by atoms with van der Waals surface area (Å²) in [6.45, 7) is 3.43. The summed E-state index contributed by atoms with van der Waals surface area (Å²) >= 11 is 0. The Morgan fingerprint density at radius 3 is 2.71 bits per heavy atom. The Kier molecular flexibility index (Phi) is 3.17. The largest absolute Gasteiger partial charge is 0.392 e. The van der Waals surface area contributed by atoms with Crippen molar-refractivity contribution in [2.45, 2.75) is 20.5 Å². The molecule has 0 unspecified atom stereocenters. The maximum atomic E-state index is 13.0. The van der Waals surface area contributed by atoms with Gasteiger partial charge in [0.15, 0.2) is 0 Å². The van der Waals surface area contributed by atoms with Gasteiger partial charge in [-0.2, -0.15) is 9.50 Å². The molecule has 7 heteroatoms. The van der Waals surface area contributed by atoms with Gasteiger partial charge in [0.05, 0.1) is 28.9 Å². The summed E-state index contributed by atoms with van der Waals surface area (Å²) in [5.41, 5.74) is 2.41. The van der Waals surface area contributed by atoms with Crippen molar-refractivity contribution in [2.75, 3.05) is 0 Å². The second kappa shape index (κ2) is 5.24. The third-order valence-electron chi connectivity index (χ3n) is 4.05. The van der Waals surface area contributed by atoms with Crippen LogP contribution in [0, 0.1) is 13.8 Å². The molecule has 0 aliphatic heterocycles. The minimum Gasteiger partial charge on any atom is -0.392 e. The van der Waals surface area contributed by atoms with E-state index in [1.807, 2.05) is 18.2 Å². The van der Waals surface area contributed by atoms with E-state index in [0.29, 0.717) is 39.4 Å². The van der Waals surface area contributed by atoms with Crippen LogP contribution in [-0.4, -0.2) is 29.3 Å². The number of nitrogens with zero attached hydrogens (tertiary/aromatic N) is 5. The molecular weight excluding hydrogens is 306 g/mol. The molecule has 24 heavy (non-hydrogen) atoms. The lowest BCUT2D eigenvalue weighted by atomic mass is 10.1. The summed E-state index contributed by atoms with van der Waals surface area (Å²) in [5, 5.41) is 14.3. The lowest BCUT2D eigenvalue weighted by molar-refractivity contribution is 0.281. The van der Waals surface area contributed by atoms with Crippen molar-refractivity contribution in [2.24, 2.45) is 0 Å². The van der Waals surface area contributed by atoms with Gasteiger partial charge < -0.3 is 5.11 Å². The predicted octanol–water partition coefficient (Wildman–Crippen LogP) is 1.54. The molecule has 0 radical (unpaired) electrons. The molecule has 7 nitrogen and oxygen atoms in total. The second-order valence-corrected chi connectivity index (χ2v) is 5.61. The molecule has 0 bridgehead atoms. The zero-order valence-corrected chi connectivity index (χ0v) is 13.3. The number of hydrogen-bond donors (Lipinski definition) is 1. The number of aliphatic hydroxyl groups excluding tert-OH is 1. The lowest BCUT2D eigenvalue weighted by Crippen LogP contribution is -2.21. The molecule has 120 valence electrons. The molecule has 4 aromatic rings. The van der Waals surface area contributed by atoms with Crippen molar-refractivity contribution in [3.05, 3.63) is 64.0 Å². The van der Waals surface area contributed by atoms with Crippen LogP contribution in [0.1, 0.15) is 17.1 Å². The van der Waals surface area contributed by atoms with Crippen molar-refractivity contribution in [1.82, 2.24) is 24.1 Å². The number of pyridine rings is 1. The van der Waals surface area contributed by atoms with Crippen molar-refractivity contribution >= 4 is 16.7 Å². The number of hydrogen-bond acceptors (Lipinski definition) is 5. The summed E-state index contributed by atoms with van der Waals surface area (Å²) in [4.78, 5) is 21.7. The summed E-state index contributed by atoms with van der Waals surface area (Å²) in [6, 6.07) is 9.08. The highest BCUT2D eigenvalue weighted by atomic mass is 16.3. The van der Waals surface area contributed by atoms with Gasteiger partial charge in [-0.25, -0.2) is 4.98 Å². The van der Waals surface area contributed by atoms with E-state index in [4.69, 9.17) is 0 Å². The molecule has 0 aliphatic carbocycles. The maximum absolute atomic E-state index is 13.0. The van der Waals surface area contributed by atoms with Crippen LogP contribution < -0.4 is 5.56 Å². The van der Waals surface area contributed by atoms with Gasteiger partial charge >= 0.3 is 0 Å². The Morgan fingerprint density at radius 2 is 1.92 bits per heavy atom. The van der Waals surface area contributed by atoms with Crippen LogP contribution in [0.25, 0.3) is 22.4 Å². The zero-order chi connectivity index (χ0) is 16.8. The molecule has 0 spiro atoms. The Balaban J connectivity index is 2.11. The number of para-hydroxylation sites is 1. The summed E-state index contributed by atoms with van der Waals surface area (Å²) < 4.78 is 3.11. The molecule has 3 aromatic heterocycles. The highest BCUT2D eigenvalue weighted by Gasteiger charge is 2.15. The summed E-state index contributed by atoms with van der Waals surface area (Å²) in [7, 11) is 0. The lowest BCUT2D eigenvalue weighted by Gasteiger charge is -2.12. The smallest absolute Gasteiger partial charge is 0.266 e. The van der Waals surface area contributed by atoms with E-state index in [2.05, 4.69) is 15.1 Å². The van der Waals surface area contributed by atoms with Gasteiger partial charge in [-0.05, 0) is 26.0 Å². The normalized spacial score (nSPS) is 11.5. The van der Waals surface area contributed by atoms with Crippen LogP contribution in [-0.2, 0) is 6.61 Å². The third kappa shape index (κ3) is 2.02. The standard InChI is InChI=1S/C17H15N5O2/c1-10-15-14(22-17(18-10)19-11(2)20-22)7-8-21(16(15)24)13-6-4-3-5-12(13)9-23/h3-8,23H,9H2,1-2H3. The molecule has 0 saturated carbocycles. The average molecular weight is 321 g/mol. The zero-order valence-electron chi connectivity index (χ0n) is 13.3. The molecule has 1 N–H and O–H groups in total. The number of rotatable bonds is 2. The molecule has 0 atom stereocenters. The van der Waals surface area contributed by atoms with Crippen LogP contribution in [0.2, 0.25) is 0 Å². The van der Waals surface area contributed by atoms with E-state index in [-0.39, 0.29) is 12.2 Å². The molecule has 0 aliphatic rings. The third-order valence-corrected chi connectivity index (χ3v) is 4.05. The fourth-order valence-corrected chi connectivity index (χ4v) is 2.96. The molecular formula is C17H15N5O2. The van der Waals surface area contributed by atoms with Crippen LogP contribution >= 0.6 is 0 Å². The Labute approximate surface area is 136 Å². The Morgan fingerprint density at radius 1 is 1.12 bits per heavy atom. The van der Waals surface area contributed by atoms with E-state index in [0.717, 1.165) is 0 Å². The minimum atomic E-state index is -0.201. The minimum absolute atomic E-state index is 0.140. The van der Waals surface area contributed by atoms with E-state index in [1.165, 1.54) is 4.57 Å². The molecule has 0 amide bonds. The van der Waals surface area contributed by atoms with E-state index in [1.54, 1.807) is 36.7 Å². The topological polar surface area (TPSA) is 85.3 Å². The first kappa shape index (κ1) is 14.5. The number of aromatic nitrogens is 5. The summed E-state index contributed by atoms with van der Waals surface area (Å²) in [6.07, 6.45) is 1.69. The van der Waals surface area contributed by atoms with E-state index >= 15 is 0 Å². The van der Waals surface area contributed by atoms with Crippen molar-refractivity contribution < 1.29 is 5.11 Å². The van der Waals surface area contributed by atoms with Gasteiger partial charge in [0.1, 0.15) is 5.82 Å². The van der Waals surface area contributed by atoms with Gasteiger partial charge in [-0.1, -0.05) is 18.2 Å². The Bertz CT molecular complexity index is 1140. The number of fused-ring (bicyclic) bond motifs is 3. The maximum Gasteiger partial charge on any atom is 0.266 e. The predicted molar refractivity (Wildman–Crippen MR) is 89.3 cm³/mol. The fraction of sp³-hybridized carbons (Fsp3) is 0.176. The van der Waals surface area contributed by atoms with Crippen LogP contribution in [0.4, 0.5) is 0 Å². The molecule has 3 heterocycles. The van der Waals surface area contributed by atoms with Crippen LogP contribution in [0.5, 0.6) is 0 Å². The second-order valence-electron chi connectivity index (χ2n) is 5.61. The Hall–Kier alpha value is -3.06.